The van der Waals surface area contributed by atoms with Crippen LogP contribution in [0, 0.1) is 0 Å². The quantitative estimate of drug-likeness (QED) is 0.780. The van der Waals surface area contributed by atoms with Gasteiger partial charge in [0.05, 0.1) is 3.79 Å². The molecule has 0 bridgehead atoms. The van der Waals surface area contributed by atoms with Gasteiger partial charge in [-0.05, 0) is 49.8 Å². The summed E-state index contributed by atoms with van der Waals surface area (Å²) in [6.45, 7) is 0. The van der Waals surface area contributed by atoms with E-state index in [1.54, 1.807) is 22.7 Å². The van der Waals surface area contributed by atoms with Crippen LogP contribution in [0.2, 0.25) is 0 Å². The highest BCUT2D eigenvalue weighted by molar-refractivity contribution is 9.11. The fourth-order valence-electron chi connectivity index (χ4n) is 1.17. The van der Waals surface area contributed by atoms with E-state index in [1.165, 1.54) is 0 Å². The van der Waals surface area contributed by atoms with Crippen LogP contribution < -0.4 is 0 Å². The molecule has 72 valence electrons. The molecule has 1 nitrogen and oxygen atoms in total. The summed E-state index contributed by atoms with van der Waals surface area (Å²) >= 11 is 6.54. The number of Topliss-reactive ketones (excluding diaryl/α,β-unsaturated/α-hetero) is 1. The molecule has 0 saturated carbocycles. The van der Waals surface area contributed by atoms with Crippen LogP contribution in [0.5, 0.6) is 0 Å². The Morgan fingerprint density at radius 1 is 1.36 bits per heavy atom. The summed E-state index contributed by atoms with van der Waals surface area (Å²) in [5.74, 6) is 0.177. The van der Waals surface area contributed by atoms with Crippen molar-refractivity contribution < 1.29 is 4.79 Å². The first-order valence-corrected chi connectivity index (χ1v) is 6.66. The number of carbonyl (C=O) groups excluding carboxylic acids is 1. The molecule has 4 heteroatoms. The summed E-state index contributed by atoms with van der Waals surface area (Å²) in [5, 5.41) is 5.92. The van der Waals surface area contributed by atoms with Gasteiger partial charge in [-0.25, -0.2) is 0 Å². The Labute approximate surface area is 98.5 Å². The van der Waals surface area contributed by atoms with Crippen LogP contribution in [0.15, 0.2) is 32.1 Å². The van der Waals surface area contributed by atoms with Crippen molar-refractivity contribution in [3.63, 3.8) is 0 Å². The van der Waals surface area contributed by atoms with Crippen LogP contribution in [-0.4, -0.2) is 5.78 Å². The molecule has 0 aliphatic rings. The number of rotatable bonds is 3. The summed E-state index contributed by atoms with van der Waals surface area (Å²) in [5.41, 5.74) is 1.89. The molecule has 0 aliphatic carbocycles. The molecule has 0 unspecified atom stereocenters. The average molecular weight is 287 g/mol. The maximum absolute atomic E-state index is 11.8. The minimum Gasteiger partial charge on any atom is -0.294 e. The number of carbonyl (C=O) groups is 1. The Morgan fingerprint density at radius 3 is 2.79 bits per heavy atom. The summed E-state index contributed by atoms with van der Waals surface area (Å²) in [4.78, 5) is 11.8. The van der Waals surface area contributed by atoms with Crippen molar-refractivity contribution in [3.05, 3.63) is 43.2 Å². The first-order chi connectivity index (χ1) is 6.77. The van der Waals surface area contributed by atoms with Gasteiger partial charge in [0.25, 0.3) is 0 Å². The first-order valence-electron chi connectivity index (χ1n) is 4.04. The van der Waals surface area contributed by atoms with Crippen LogP contribution in [0.25, 0.3) is 0 Å². The van der Waals surface area contributed by atoms with Crippen LogP contribution in [0.4, 0.5) is 0 Å². The maximum Gasteiger partial charge on any atom is 0.169 e. The number of hydrogen-bond donors (Lipinski definition) is 0. The van der Waals surface area contributed by atoms with Crippen molar-refractivity contribution in [2.24, 2.45) is 0 Å². The summed E-state index contributed by atoms with van der Waals surface area (Å²) in [6.07, 6.45) is 0.499. The predicted octanol–water partition coefficient (Wildman–Crippen LogP) is 4.00. The largest absolute Gasteiger partial charge is 0.294 e. The van der Waals surface area contributed by atoms with Crippen molar-refractivity contribution in [1.29, 1.82) is 0 Å². The Morgan fingerprint density at radius 2 is 2.21 bits per heavy atom. The smallest absolute Gasteiger partial charge is 0.169 e. The summed E-state index contributed by atoms with van der Waals surface area (Å²) in [6, 6.07) is 3.85. The molecule has 0 fully saturated rings. The van der Waals surface area contributed by atoms with Crippen LogP contribution in [0.3, 0.4) is 0 Å². The third-order valence-electron chi connectivity index (χ3n) is 1.86. The van der Waals surface area contributed by atoms with Crippen LogP contribution >= 0.6 is 38.6 Å². The molecule has 2 aromatic rings. The van der Waals surface area contributed by atoms with Crippen molar-refractivity contribution in [2.45, 2.75) is 6.42 Å². The van der Waals surface area contributed by atoms with Gasteiger partial charge in [-0.2, -0.15) is 11.3 Å². The molecule has 2 heterocycles. The number of thiophene rings is 2. The molecule has 0 aliphatic heterocycles. The standard InChI is InChI=1S/C10H7BrOS2/c11-10-8(2-4-14-10)9(12)5-7-1-3-13-6-7/h1-4,6H,5H2. The lowest BCUT2D eigenvalue weighted by molar-refractivity contribution is 0.0993. The molecule has 2 rings (SSSR count). The van der Waals surface area contributed by atoms with Gasteiger partial charge in [0.15, 0.2) is 5.78 Å². The first kappa shape index (κ1) is 10.1. The summed E-state index contributed by atoms with van der Waals surface area (Å²) < 4.78 is 0.928. The number of hydrogen-bond acceptors (Lipinski definition) is 3. The zero-order chi connectivity index (χ0) is 9.97. The molecule has 0 spiro atoms. The van der Waals surface area contributed by atoms with Gasteiger partial charge in [-0.1, -0.05) is 0 Å². The Kier molecular flexibility index (Phi) is 3.15. The molecule has 0 saturated heterocycles. The van der Waals surface area contributed by atoms with Gasteiger partial charge in [-0.3, -0.25) is 4.79 Å². The molecule has 0 atom stereocenters. The van der Waals surface area contributed by atoms with Crippen molar-refractivity contribution in [3.8, 4) is 0 Å². The molecule has 0 amide bonds. The lowest BCUT2D eigenvalue weighted by atomic mass is 10.1. The van der Waals surface area contributed by atoms with Gasteiger partial charge in [0.1, 0.15) is 0 Å². The van der Waals surface area contributed by atoms with E-state index >= 15 is 0 Å². The van der Waals surface area contributed by atoms with Crippen molar-refractivity contribution >= 4 is 44.4 Å². The van der Waals surface area contributed by atoms with E-state index in [9.17, 15) is 4.79 Å². The van der Waals surface area contributed by atoms with E-state index in [2.05, 4.69) is 15.9 Å². The minimum absolute atomic E-state index is 0.177. The molecule has 14 heavy (non-hydrogen) atoms. The summed E-state index contributed by atoms with van der Waals surface area (Å²) in [7, 11) is 0. The molecule has 0 N–H and O–H groups in total. The Balaban J connectivity index is 2.14. The highest BCUT2D eigenvalue weighted by Crippen LogP contribution is 2.24. The van der Waals surface area contributed by atoms with E-state index in [0.29, 0.717) is 6.42 Å². The van der Waals surface area contributed by atoms with Gasteiger partial charge in [0.2, 0.25) is 0 Å². The molecular formula is C10H7BrOS2. The fraction of sp³-hybridized carbons (Fsp3) is 0.100. The van der Waals surface area contributed by atoms with E-state index in [1.807, 2.05) is 28.3 Å². The second-order valence-electron chi connectivity index (χ2n) is 2.84. The monoisotopic (exact) mass is 286 g/mol. The van der Waals surface area contributed by atoms with Crippen molar-refractivity contribution in [1.82, 2.24) is 0 Å². The third kappa shape index (κ3) is 2.13. The second-order valence-corrected chi connectivity index (χ2v) is 5.85. The van der Waals surface area contributed by atoms with E-state index in [-0.39, 0.29) is 5.78 Å². The van der Waals surface area contributed by atoms with Gasteiger partial charge in [-0.15, -0.1) is 11.3 Å². The highest BCUT2D eigenvalue weighted by Gasteiger charge is 2.11. The number of ketones is 1. The third-order valence-corrected chi connectivity index (χ3v) is 4.28. The van der Waals surface area contributed by atoms with Crippen LogP contribution in [-0.2, 0) is 6.42 Å². The Bertz CT molecular complexity index is 431. The van der Waals surface area contributed by atoms with Crippen molar-refractivity contribution in [2.75, 3.05) is 0 Å². The minimum atomic E-state index is 0.177. The molecule has 0 aromatic carbocycles. The van der Waals surface area contributed by atoms with Gasteiger partial charge < -0.3 is 0 Å². The SMILES string of the molecule is O=C(Cc1ccsc1)c1ccsc1Br. The van der Waals surface area contributed by atoms with E-state index < -0.39 is 0 Å². The molecule has 2 aromatic heterocycles. The molecular weight excluding hydrogens is 280 g/mol. The fourth-order valence-corrected chi connectivity index (χ4v) is 3.15. The predicted molar refractivity (Wildman–Crippen MR) is 64.4 cm³/mol. The lowest BCUT2D eigenvalue weighted by Gasteiger charge is -1.96. The van der Waals surface area contributed by atoms with Gasteiger partial charge in [0, 0.05) is 12.0 Å². The second kappa shape index (κ2) is 4.38. The lowest BCUT2D eigenvalue weighted by Crippen LogP contribution is -2.01. The Hall–Kier alpha value is -0.450. The maximum atomic E-state index is 11.8. The van der Waals surface area contributed by atoms with E-state index in [0.717, 1.165) is 14.9 Å². The van der Waals surface area contributed by atoms with Gasteiger partial charge >= 0.3 is 0 Å². The van der Waals surface area contributed by atoms with E-state index in [4.69, 9.17) is 0 Å². The molecule has 0 radical (unpaired) electrons. The topological polar surface area (TPSA) is 17.1 Å². The highest BCUT2D eigenvalue weighted by atomic mass is 79.9. The zero-order valence-electron chi connectivity index (χ0n) is 7.20. The normalized spacial score (nSPS) is 10.4. The zero-order valence-corrected chi connectivity index (χ0v) is 10.4. The average Bonchev–Trinajstić information content (AvgIpc) is 2.75. The number of halogens is 1. The van der Waals surface area contributed by atoms with Crippen LogP contribution in [0.1, 0.15) is 15.9 Å².